The van der Waals surface area contributed by atoms with Gasteiger partial charge in [-0.15, -0.1) is 0 Å². The van der Waals surface area contributed by atoms with Gasteiger partial charge < -0.3 is 4.74 Å². The van der Waals surface area contributed by atoms with Gasteiger partial charge in [0.1, 0.15) is 5.82 Å². The van der Waals surface area contributed by atoms with E-state index in [2.05, 4.69) is 10.3 Å². The zero-order valence-electron chi connectivity index (χ0n) is 11.2. The van der Waals surface area contributed by atoms with E-state index in [9.17, 15) is 9.18 Å². The average molecular weight is 254 g/mol. The Morgan fingerprint density at radius 3 is 2.67 bits per heavy atom. The first-order valence-electron chi connectivity index (χ1n) is 5.97. The zero-order valence-corrected chi connectivity index (χ0v) is 11.2. The number of carbonyl (C=O) groups excluding carboxylic acids is 1. The quantitative estimate of drug-likeness (QED) is 0.816. The van der Waals surface area contributed by atoms with E-state index in [1.54, 1.807) is 13.8 Å². The highest BCUT2D eigenvalue weighted by Crippen LogP contribution is 2.21. The van der Waals surface area contributed by atoms with E-state index in [1.807, 2.05) is 13.8 Å². The monoisotopic (exact) mass is 254 g/mol. The van der Waals surface area contributed by atoms with Crippen molar-refractivity contribution in [2.24, 2.45) is 0 Å². The van der Waals surface area contributed by atoms with Crippen molar-refractivity contribution in [1.82, 2.24) is 10.3 Å². The molecule has 0 amide bonds. The molecule has 1 heterocycles. The fourth-order valence-electron chi connectivity index (χ4n) is 1.76. The maximum atomic E-state index is 12.9. The molecule has 0 aliphatic heterocycles. The molecule has 1 atom stereocenters. The van der Waals surface area contributed by atoms with Crippen LogP contribution >= 0.6 is 0 Å². The maximum absolute atomic E-state index is 12.9. The van der Waals surface area contributed by atoms with E-state index < -0.39 is 17.3 Å². The molecule has 1 N–H and O–H groups in total. The first-order chi connectivity index (χ1) is 8.40. The number of rotatable bonds is 5. The Kier molecular flexibility index (Phi) is 4.78. The lowest BCUT2D eigenvalue weighted by molar-refractivity contribution is -0.151. The molecule has 100 valence electrons. The molecule has 0 spiro atoms. The van der Waals surface area contributed by atoms with Gasteiger partial charge in [-0.1, -0.05) is 0 Å². The van der Waals surface area contributed by atoms with Gasteiger partial charge in [-0.2, -0.15) is 0 Å². The van der Waals surface area contributed by atoms with Crippen molar-refractivity contribution in [2.75, 3.05) is 6.61 Å². The summed E-state index contributed by atoms with van der Waals surface area (Å²) in [5.74, 6) is -0.854. The lowest BCUT2D eigenvalue weighted by Crippen LogP contribution is -2.51. The third-order valence-electron chi connectivity index (χ3n) is 2.50. The molecule has 5 heteroatoms. The number of hydrogen-bond acceptors (Lipinski definition) is 4. The molecule has 1 rings (SSSR count). The molecule has 0 saturated heterocycles. The number of ether oxygens (including phenoxy) is 1. The van der Waals surface area contributed by atoms with Gasteiger partial charge in [0, 0.05) is 6.04 Å². The topological polar surface area (TPSA) is 51.2 Å². The first-order valence-corrected chi connectivity index (χ1v) is 5.97. The van der Waals surface area contributed by atoms with E-state index >= 15 is 0 Å². The summed E-state index contributed by atoms with van der Waals surface area (Å²) in [6, 6.07) is 2.83. The van der Waals surface area contributed by atoms with E-state index in [0.29, 0.717) is 5.69 Å². The number of hydrogen-bond donors (Lipinski definition) is 1. The van der Waals surface area contributed by atoms with Crippen molar-refractivity contribution in [1.29, 1.82) is 0 Å². The van der Waals surface area contributed by atoms with Crippen molar-refractivity contribution in [2.45, 2.75) is 39.3 Å². The third kappa shape index (κ3) is 3.26. The predicted octanol–water partition coefficient (Wildman–Crippen LogP) is 2.00. The SMILES string of the molecule is CCOC(=O)C(C)(NC(C)C)c1ccc(F)cn1. The second kappa shape index (κ2) is 5.91. The van der Waals surface area contributed by atoms with Crippen LogP contribution in [0, 0.1) is 5.82 Å². The lowest BCUT2D eigenvalue weighted by atomic mass is 9.96. The number of halogens is 1. The van der Waals surface area contributed by atoms with Gasteiger partial charge in [-0.3, -0.25) is 10.3 Å². The van der Waals surface area contributed by atoms with Gasteiger partial charge >= 0.3 is 5.97 Å². The summed E-state index contributed by atoms with van der Waals surface area (Å²) in [4.78, 5) is 16.0. The highest BCUT2D eigenvalue weighted by molar-refractivity contribution is 5.81. The molecule has 0 aliphatic rings. The Balaban J connectivity index is 3.10. The average Bonchev–Trinajstić information content (AvgIpc) is 2.29. The van der Waals surface area contributed by atoms with Crippen LogP contribution in [0.15, 0.2) is 18.3 Å². The number of carbonyl (C=O) groups is 1. The van der Waals surface area contributed by atoms with Crippen LogP contribution in [0.3, 0.4) is 0 Å². The molecule has 0 aliphatic carbocycles. The smallest absolute Gasteiger partial charge is 0.332 e. The minimum absolute atomic E-state index is 0.0614. The van der Waals surface area contributed by atoms with Crippen molar-refractivity contribution in [3.63, 3.8) is 0 Å². The Labute approximate surface area is 107 Å². The minimum Gasteiger partial charge on any atom is -0.464 e. The summed E-state index contributed by atoms with van der Waals surface area (Å²) in [7, 11) is 0. The molecule has 1 aromatic heterocycles. The maximum Gasteiger partial charge on any atom is 0.332 e. The highest BCUT2D eigenvalue weighted by atomic mass is 19.1. The van der Waals surface area contributed by atoms with Crippen LogP contribution in [-0.2, 0) is 15.1 Å². The first kappa shape index (κ1) is 14.6. The number of esters is 1. The van der Waals surface area contributed by atoms with Gasteiger partial charge in [0.15, 0.2) is 5.54 Å². The largest absolute Gasteiger partial charge is 0.464 e. The number of aromatic nitrogens is 1. The van der Waals surface area contributed by atoms with Crippen molar-refractivity contribution >= 4 is 5.97 Å². The van der Waals surface area contributed by atoms with Crippen LogP contribution in [0.25, 0.3) is 0 Å². The number of nitrogens with one attached hydrogen (secondary N) is 1. The minimum atomic E-state index is -1.07. The molecule has 0 aromatic carbocycles. The van der Waals surface area contributed by atoms with Crippen molar-refractivity contribution < 1.29 is 13.9 Å². The summed E-state index contributed by atoms with van der Waals surface area (Å²) >= 11 is 0. The summed E-state index contributed by atoms with van der Waals surface area (Å²) in [5.41, 5.74) is -0.631. The van der Waals surface area contributed by atoms with E-state index in [4.69, 9.17) is 4.74 Å². The van der Waals surface area contributed by atoms with Crippen LogP contribution < -0.4 is 5.32 Å². The molecular formula is C13H19FN2O2. The predicted molar refractivity (Wildman–Crippen MR) is 66.5 cm³/mol. The molecule has 1 aromatic rings. The van der Waals surface area contributed by atoms with Crippen LogP contribution in [0.5, 0.6) is 0 Å². The van der Waals surface area contributed by atoms with Gasteiger partial charge in [0.2, 0.25) is 0 Å². The van der Waals surface area contributed by atoms with E-state index in [0.717, 1.165) is 6.20 Å². The normalized spacial score (nSPS) is 14.3. The summed E-state index contributed by atoms with van der Waals surface area (Å²) in [6.45, 7) is 7.55. The fourth-order valence-corrected chi connectivity index (χ4v) is 1.76. The molecule has 0 saturated carbocycles. The molecule has 0 fully saturated rings. The van der Waals surface area contributed by atoms with E-state index in [-0.39, 0.29) is 12.6 Å². The summed E-state index contributed by atoms with van der Waals surface area (Å²) in [5, 5.41) is 3.12. The van der Waals surface area contributed by atoms with Crippen LogP contribution in [0.1, 0.15) is 33.4 Å². The number of nitrogens with zero attached hydrogens (tertiary/aromatic N) is 1. The fraction of sp³-hybridized carbons (Fsp3) is 0.538. The van der Waals surface area contributed by atoms with Gasteiger partial charge in [0.25, 0.3) is 0 Å². The summed E-state index contributed by atoms with van der Waals surface area (Å²) < 4.78 is 17.9. The van der Waals surface area contributed by atoms with Crippen LogP contribution in [0.4, 0.5) is 4.39 Å². The Bertz CT molecular complexity index is 406. The molecule has 1 unspecified atom stereocenters. The molecule has 18 heavy (non-hydrogen) atoms. The van der Waals surface area contributed by atoms with Gasteiger partial charge in [-0.05, 0) is 39.8 Å². The molecule has 4 nitrogen and oxygen atoms in total. The molecular weight excluding hydrogens is 235 g/mol. The Morgan fingerprint density at radius 1 is 1.56 bits per heavy atom. The zero-order chi connectivity index (χ0) is 13.8. The summed E-state index contributed by atoms with van der Waals surface area (Å²) in [6.07, 6.45) is 1.09. The van der Waals surface area contributed by atoms with Gasteiger partial charge in [0.05, 0.1) is 18.5 Å². The van der Waals surface area contributed by atoms with Gasteiger partial charge in [-0.25, -0.2) is 9.18 Å². The lowest BCUT2D eigenvalue weighted by Gasteiger charge is -2.30. The molecule has 0 bridgehead atoms. The molecule has 0 radical (unpaired) electrons. The second-order valence-corrected chi connectivity index (χ2v) is 4.51. The van der Waals surface area contributed by atoms with Crippen molar-refractivity contribution in [3.05, 3.63) is 29.8 Å². The van der Waals surface area contributed by atoms with Crippen LogP contribution in [-0.4, -0.2) is 23.6 Å². The van der Waals surface area contributed by atoms with Crippen LogP contribution in [0.2, 0.25) is 0 Å². The Morgan fingerprint density at radius 2 is 2.22 bits per heavy atom. The second-order valence-electron chi connectivity index (χ2n) is 4.51. The standard InChI is InChI=1S/C13H19FN2O2/c1-5-18-12(17)13(4,16-9(2)3)11-7-6-10(14)8-15-11/h6-9,16H,5H2,1-4H3. The highest BCUT2D eigenvalue weighted by Gasteiger charge is 2.38. The van der Waals surface area contributed by atoms with E-state index in [1.165, 1.54) is 12.1 Å². The van der Waals surface area contributed by atoms with Crippen molar-refractivity contribution in [3.8, 4) is 0 Å². The third-order valence-corrected chi connectivity index (χ3v) is 2.50. The number of pyridine rings is 1. The Hall–Kier alpha value is -1.49.